The average Bonchev–Trinajstić information content (AvgIpc) is 2.94. The third-order valence-corrected chi connectivity index (χ3v) is 4.27. The fourth-order valence-corrected chi connectivity index (χ4v) is 2.94. The van der Waals surface area contributed by atoms with Crippen LogP contribution in [0.2, 0.25) is 0 Å². The summed E-state index contributed by atoms with van der Waals surface area (Å²) >= 11 is 3.42. The van der Waals surface area contributed by atoms with Gasteiger partial charge in [0.05, 0.1) is 7.11 Å². The van der Waals surface area contributed by atoms with Gasteiger partial charge in [-0.2, -0.15) is 0 Å². The molecule has 0 radical (unpaired) electrons. The lowest BCUT2D eigenvalue weighted by Crippen LogP contribution is -2.34. The molecule has 1 heterocycles. The first-order valence-electron chi connectivity index (χ1n) is 7.83. The molecule has 23 heavy (non-hydrogen) atoms. The van der Waals surface area contributed by atoms with Crippen LogP contribution in [0.1, 0.15) is 36.3 Å². The van der Waals surface area contributed by atoms with Gasteiger partial charge in [0.1, 0.15) is 11.4 Å². The van der Waals surface area contributed by atoms with Crippen LogP contribution in [0, 0.1) is 0 Å². The molecule has 0 saturated heterocycles. The quantitative estimate of drug-likeness (QED) is 0.790. The van der Waals surface area contributed by atoms with Crippen molar-refractivity contribution in [1.29, 1.82) is 0 Å². The Bertz CT molecular complexity index is 650. The molecule has 1 aromatic carbocycles. The van der Waals surface area contributed by atoms with E-state index in [2.05, 4.69) is 33.4 Å². The maximum Gasteiger partial charge on any atom is 0.268 e. The van der Waals surface area contributed by atoms with E-state index in [0.717, 1.165) is 29.6 Å². The van der Waals surface area contributed by atoms with Crippen molar-refractivity contribution in [3.05, 3.63) is 52.3 Å². The number of hydrogen-bond donors (Lipinski definition) is 1. The van der Waals surface area contributed by atoms with Crippen LogP contribution in [-0.4, -0.2) is 23.6 Å². The van der Waals surface area contributed by atoms with E-state index in [-0.39, 0.29) is 11.9 Å². The molecule has 0 aliphatic rings. The number of ether oxygens (including phenoxy) is 1. The number of hydrogen-bond acceptors (Lipinski definition) is 2. The standard InChI is InChI=1S/C18H23BrN2O2/c1-4-21-12-15(19)11-17(21)18(22)20-13(2)5-6-14-7-9-16(23-3)10-8-14/h7-13H,4-6H2,1-3H3,(H,20,22). The van der Waals surface area contributed by atoms with Gasteiger partial charge in [-0.3, -0.25) is 4.79 Å². The summed E-state index contributed by atoms with van der Waals surface area (Å²) in [7, 11) is 1.66. The van der Waals surface area contributed by atoms with Gasteiger partial charge in [0.25, 0.3) is 5.91 Å². The zero-order valence-electron chi connectivity index (χ0n) is 13.8. The van der Waals surface area contributed by atoms with Gasteiger partial charge in [0.2, 0.25) is 0 Å². The van der Waals surface area contributed by atoms with E-state index in [1.807, 2.05) is 42.8 Å². The first kappa shape index (κ1) is 17.6. The fourth-order valence-electron chi connectivity index (χ4n) is 2.47. The molecule has 0 aliphatic carbocycles. The number of halogens is 1. The lowest BCUT2D eigenvalue weighted by molar-refractivity contribution is 0.0929. The Balaban J connectivity index is 1.88. The molecule has 1 aromatic heterocycles. The summed E-state index contributed by atoms with van der Waals surface area (Å²) in [6.07, 6.45) is 3.74. The predicted molar refractivity (Wildman–Crippen MR) is 96.0 cm³/mol. The Morgan fingerprint density at radius 2 is 2.04 bits per heavy atom. The average molecular weight is 379 g/mol. The molecule has 0 bridgehead atoms. The summed E-state index contributed by atoms with van der Waals surface area (Å²) in [4.78, 5) is 12.4. The van der Waals surface area contributed by atoms with E-state index < -0.39 is 0 Å². The smallest absolute Gasteiger partial charge is 0.268 e. The molecule has 0 saturated carbocycles. The maximum absolute atomic E-state index is 12.4. The molecule has 1 amide bonds. The zero-order chi connectivity index (χ0) is 16.8. The van der Waals surface area contributed by atoms with Gasteiger partial charge in [-0.15, -0.1) is 0 Å². The molecule has 2 rings (SSSR count). The second-order valence-electron chi connectivity index (χ2n) is 5.59. The Kier molecular flexibility index (Phi) is 6.28. The highest BCUT2D eigenvalue weighted by Gasteiger charge is 2.14. The van der Waals surface area contributed by atoms with Crippen molar-refractivity contribution in [3.63, 3.8) is 0 Å². The SMILES string of the molecule is CCn1cc(Br)cc1C(=O)NC(C)CCc1ccc(OC)cc1. The summed E-state index contributed by atoms with van der Waals surface area (Å²) < 4.78 is 8.02. The lowest BCUT2D eigenvalue weighted by Gasteiger charge is -2.15. The Labute approximate surface area is 146 Å². The minimum Gasteiger partial charge on any atom is -0.497 e. The Morgan fingerprint density at radius 3 is 2.65 bits per heavy atom. The number of aromatic nitrogens is 1. The molecule has 5 heteroatoms. The molecule has 1 unspecified atom stereocenters. The predicted octanol–water partition coefficient (Wildman–Crippen LogP) is 4.03. The van der Waals surface area contributed by atoms with Crippen molar-refractivity contribution in [2.75, 3.05) is 7.11 Å². The normalized spacial score (nSPS) is 12.0. The number of carbonyl (C=O) groups is 1. The molecule has 2 aromatic rings. The molecular formula is C18H23BrN2O2. The number of methoxy groups -OCH3 is 1. The topological polar surface area (TPSA) is 43.3 Å². The summed E-state index contributed by atoms with van der Waals surface area (Å²) in [6.45, 7) is 4.83. The molecule has 124 valence electrons. The molecule has 1 atom stereocenters. The van der Waals surface area contributed by atoms with Gasteiger partial charge < -0.3 is 14.6 Å². The summed E-state index contributed by atoms with van der Waals surface area (Å²) in [5, 5.41) is 3.07. The summed E-state index contributed by atoms with van der Waals surface area (Å²) in [5.74, 6) is 0.834. The van der Waals surface area contributed by atoms with Crippen LogP contribution in [-0.2, 0) is 13.0 Å². The minimum atomic E-state index is -0.0280. The zero-order valence-corrected chi connectivity index (χ0v) is 15.4. The van der Waals surface area contributed by atoms with E-state index in [1.165, 1.54) is 5.56 Å². The van der Waals surface area contributed by atoms with Gasteiger partial charge in [-0.05, 0) is 66.4 Å². The van der Waals surface area contributed by atoms with E-state index >= 15 is 0 Å². The fraction of sp³-hybridized carbons (Fsp3) is 0.389. The third-order valence-electron chi connectivity index (χ3n) is 3.84. The minimum absolute atomic E-state index is 0.0280. The molecule has 0 spiro atoms. The van der Waals surface area contributed by atoms with E-state index in [1.54, 1.807) is 7.11 Å². The number of aryl methyl sites for hydroxylation is 2. The molecule has 4 nitrogen and oxygen atoms in total. The largest absolute Gasteiger partial charge is 0.497 e. The summed E-state index contributed by atoms with van der Waals surface area (Å²) in [5.41, 5.74) is 1.93. The van der Waals surface area contributed by atoms with Crippen LogP contribution >= 0.6 is 15.9 Å². The van der Waals surface area contributed by atoms with Crippen molar-refractivity contribution in [3.8, 4) is 5.75 Å². The van der Waals surface area contributed by atoms with Crippen molar-refractivity contribution < 1.29 is 9.53 Å². The van der Waals surface area contributed by atoms with E-state index in [9.17, 15) is 4.79 Å². The molecule has 0 aliphatic heterocycles. The van der Waals surface area contributed by atoms with Gasteiger partial charge in [-0.1, -0.05) is 12.1 Å². The van der Waals surface area contributed by atoms with Crippen molar-refractivity contribution in [1.82, 2.24) is 9.88 Å². The van der Waals surface area contributed by atoms with Crippen LogP contribution in [0.5, 0.6) is 5.75 Å². The van der Waals surface area contributed by atoms with Crippen LogP contribution < -0.4 is 10.1 Å². The highest BCUT2D eigenvalue weighted by Crippen LogP contribution is 2.16. The first-order chi connectivity index (χ1) is 11.0. The van der Waals surface area contributed by atoms with Crippen LogP contribution in [0.25, 0.3) is 0 Å². The number of benzene rings is 1. The van der Waals surface area contributed by atoms with Crippen molar-refractivity contribution in [2.45, 2.75) is 39.3 Å². The van der Waals surface area contributed by atoms with E-state index in [0.29, 0.717) is 5.69 Å². The van der Waals surface area contributed by atoms with Gasteiger partial charge in [0.15, 0.2) is 0 Å². The van der Waals surface area contributed by atoms with Gasteiger partial charge >= 0.3 is 0 Å². The lowest BCUT2D eigenvalue weighted by atomic mass is 10.1. The molecule has 0 fully saturated rings. The highest BCUT2D eigenvalue weighted by atomic mass is 79.9. The second-order valence-corrected chi connectivity index (χ2v) is 6.51. The highest BCUT2D eigenvalue weighted by molar-refractivity contribution is 9.10. The van der Waals surface area contributed by atoms with Crippen LogP contribution in [0.3, 0.4) is 0 Å². The van der Waals surface area contributed by atoms with Crippen LogP contribution in [0.15, 0.2) is 41.0 Å². The molecular weight excluding hydrogens is 356 g/mol. The number of amides is 1. The van der Waals surface area contributed by atoms with Crippen molar-refractivity contribution >= 4 is 21.8 Å². The number of rotatable bonds is 7. The van der Waals surface area contributed by atoms with Gasteiger partial charge in [-0.25, -0.2) is 0 Å². The number of carbonyl (C=O) groups excluding carboxylic acids is 1. The number of nitrogens with one attached hydrogen (secondary N) is 1. The van der Waals surface area contributed by atoms with Crippen LogP contribution in [0.4, 0.5) is 0 Å². The summed E-state index contributed by atoms with van der Waals surface area (Å²) in [6, 6.07) is 10.0. The number of nitrogens with zero attached hydrogens (tertiary/aromatic N) is 1. The Hall–Kier alpha value is -1.75. The molecule has 1 N–H and O–H groups in total. The monoisotopic (exact) mass is 378 g/mol. The first-order valence-corrected chi connectivity index (χ1v) is 8.62. The van der Waals surface area contributed by atoms with Gasteiger partial charge in [0, 0.05) is 23.3 Å². The third kappa shape index (κ3) is 4.86. The maximum atomic E-state index is 12.4. The van der Waals surface area contributed by atoms with E-state index in [4.69, 9.17) is 4.74 Å². The Morgan fingerprint density at radius 1 is 1.35 bits per heavy atom. The van der Waals surface area contributed by atoms with Crippen molar-refractivity contribution in [2.24, 2.45) is 0 Å². The second kappa shape index (κ2) is 8.20.